The van der Waals surface area contributed by atoms with E-state index in [-0.39, 0.29) is 19.5 Å². The van der Waals surface area contributed by atoms with Crippen LogP contribution in [-0.4, -0.2) is 70.0 Å². The second kappa shape index (κ2) is 8.67. The van der Waals surface area contributed by atoms with Gasteiger partial charge in [0.1, 0.15) is 0 Å². The number of carbonyl (C=O) groups is 1. The first-order valence-electron chi connectivity index (χ1n) is 7.22. The lowest BCUT2D eigenvalue weighted by atomic mass is 10.0. The molecular formula is C13H26N2O5S. The van der Waals surface area contributed by atoms with Gasteiger partial charge in [0.25, 0.3) is 10.2 Å². The smallest absolute Gasteiger partial charge is 0.306 e. The van der Waals surface area contributed by atoms with Crippen LogP contribution in [0.25, 0.3) is 0 Å². The fraction of sp³-hybridized carbons (Fsp3) is 0.923. The molecule has 0 saturated carbocycles. The van der Waals surface area contributed by atoms with E-state index >= 15 is 0 Å². The summed E-state index contributed by atoms with van der Waals surface area (Å²) in [6.45, 7) is 3.77. The van der Waals surface area contributed by atoms with Crippen molar-refractivity contribution in [2.24, 2.45) is 5.92 Å². The van der Waals surface area contributed by atoms with Gasteiger partial charge in [-0.05, 0) is 18.8 Å². The molecule has 0 amide bonds. The molecule has 0 aromatic rings. The minimum Gasteiger partial charge on any atom is -0.469 e. The van der Waals surface area contributed by atoms with Crippen LogP contribution in [0, 0.1) is 5.92 Å². The van der Waals surface area contributed by atoms with Gasteiger partial charge in [-0.3, -0.25) is 4.79 Å². The van der Waals surface area contributed by atoms with Crippen molar-refractivity contribution in [2.75, 3.05) is 47.0 Å². The predicted molar refractivity (Wildman–Crippen MR) is 79.0 cm³/mol. The number of ether oxygens (including phenoxy) is 2. The number of piperidine rings is 1. The topological polar surface area (TPSA) is 76.1 Å². The van der Waals surface area contributed by atoms with E-state index in [1.54, 1.807) is 0 Å². The fourth-order valence-corrected chi connectivity index (χ4v) is 4.13. The van der Waals surface area contributed by atoms with Gasteiger partial charge in [0.05, 0.1) is 20.1 Å². The minimum atomic E-state index is -3.55. The highest BCUT2D eigenvalue weighted by atomic mass is 32.2. The first-order chi connectivity index (χ1) is 9.91. The quantitative estimate of drug-likeness (QED) is 0.607. The number of hydrogen-bond donors (Lipinski definition) is 0. The van der Waals surface area contributed by atoms with E-state index in [1.807, 2.05) is 0 Å². The molecule has 1 atom stereocenters. The van der Waals surface area contributed by atoms with Crippen molar-refractivity contribution in [3.8, 4) is 0 Å². The van der Waals surface area contributed by atoms with Gasteiger partial charge in [-0.25, -0.2) is 0 Å². The van der Waals surface area contributed by atoms with Crippen LogP contribution in [0.15, 0.2) is 0 Å². The zero-order valence-corrected chi connectivity index (χ0v) is 13.9. The van der Waals surface area contributed by atoms with E-state index in [4.69, 9.17) is 4.74 Å². The molecule has 0 spiro atoms. The Balaban J connectivity index is 2.75. The van der Waals surface area contributed by atoms with Crippen molar-refractivity contribution < 1.29 is 22.7 Å². The zero-order chi connectivity index (χ0) is 15.9. The first kappa shape index (κ1) is 18.3. The van der Waals surface area contributed by atoms with Crippen LogP contribution in [0.2, 0.25) is 0 Å². The van der Waals surface area contributed by atoms with Crippen LogP contribution in [0.5, 0.6) is 0 Å². The Bertz CT molecular complexity index is 426. The highest BCUT2D eigenvalue weighted by Crippen LogP contribution is 2.20. The summed E-state index contributed by atoms with van der Waals surface area (Å²) in [6.07, 6.45) is 1.96. The highest BCUT2D eigenvalue weighted by Gasteiger charge is 2.32. The molecule has 8 heteroatoms. The van der Waals surface area contributed by atoms with E-state index in [0.29, 0.717) is 25.6 Å². The van der Waals surface area contributed by atoms with Crippen molar-refractivity contribution in [1.82, 2.24) is 8.61 Å². The molecule has 1 aliphatic heterocycles. The summed E-state index contributed by atoms with van der Waals surface area (Å²) in [5.41, 5.74) is 0. The SMILES string of the molecule is COCCN(CCC(=O)OC)S(=O)(=O)N1CCCC(C)C1. The molecule has 0 N–H and O–H groups in total. The summed E-state index contributed by atoms with van der Waals surface area (Å²) in [6, 6.07) is 0. The Morgan fingerprint density at radius 3 is 2.62 bits per heavy atom. The Morgan fingerprint density at radius 2 is 2.05 bits per heavy atom. The molecule has 0 radical (unpaired) electrons. The summed E-state index contributed by atoms with van der Waals surface area (Å²) in [4.78, 5) is 11.3. The fourth-order valence-electron chi connectivity index (χ4n) is 2.37. The molecule has 0 aromatic heterocycles. The molecule has 1 rings (SSSR count). The lowest BCUT2D eigenvalue weighted by molar-refractivity contribution is -0.140. The lowest BCUT2D eigenvalue weighted by Gasteiger charge is -2.34. The predicted octanol–water partition coefficient (Wildman–Crippen LogP) is 0.475. The van der Waals surface area contributed by atoms with Crippen molar-refractivity contribution in [1.29, 1.82) is 0 Å². The maximum absolute atomic E-state index is 12.7. The van der Waals surface area contributed by atoms with Crippen LogP contribution in [-0.2, 0) is 24.5 Å². The van der Waals surface area contributed by atoms with Crippen LogP contribution < -0.4 is 0 Å². The van der Waals surface area contributed by atoms with Crippen LogP contribution >= 0.6 is 0 Å². The molecule has 0 aromatic carbocycles. The first-order valence-corrected chi connectivity index (χ1v) is 8.62. The normalized spacial score (nSPS) is 20.7. The Morgan fingerprint density at radius 1 is 1.33 bits per heavy atom. The van der Waals surface area contributed by atoms with E-state index in [0.717, 1.165) is 12.8 Å². The average molecular weight is 322 g/mol. The molecule has 124 valence electrons. The number of esters is 1. The summed E-state index contributed by atoms with van der Waals surface area (Å²) in [7, 11) is -0.738. The molecule has 21 heavy (non-hydrogen) atoms. The number of rotatable bonds is 8. The molecule has 0 aliphatic carbocycles. The van der Waals surface area contributed by atoms with Gasteiger partial charge in [-0.15, -0.1) is 0 Å². The van der Waals surface area contributed by atoms with Gasteiger partial charge in [-0.1, -0.05) is 6.92 Å². The van der Waals surface area contributed by atoms with Gasteiger partial charge in [0.2, 0.25) is 0 Å². The number of hydrogen-bond acceptors (Lipinski definition) is 5. The summed E-state index contributed by atoms with van der Waals surface area (Å²) < 4.78 is 37.7. The van der Waals surface area contributed by atoms with Crippen molar-refractivity contribution >= 4 is 16.2 Å². The van der Waals surface area contributed by atoms with Crippen molar-refractivity contribution in [2.45, 2.75) is 26.2 Å². The van der Waals surface area contributed by atoms with Gasteiger partial charge in [0, 0.05) is 33.3 Å². The van der Waals surface area contributed by atoms with E-state index < -0.39 is 16.2 Å². The van der Waals surface area contributed by atoms with Crippen LogP contribution in [0.1, 0.15) is 26.2 Å². The highest BCUT2D eigenvalue weighted by molar-refractivity contribution is 7.86. The average Bonchev–Trinajstić information content (AvgIpc) is 2.46. The lowest BCUT2D eigenvalue weighted by Crippen LogP contribution is -2.49. The molecule has 1 saturated heterocycles. The molecular weight excluding hydrogens is 296 g/mol. The van der Waals surface area contributed by atoms with Crippen molar-refractivity contribution in [3.05, 3.63) is 0 Å². The van der Waals surface area contributed by atoms with Crippen molar-refractivity contribution in [3.63, 3.8) is 0 Å². The second-order valence-corrected chi connectivity index (χ2v) is 7.26. The Hall–Kier alpha value is -0.700. The van der Waals surface area contributed by atoms with Crippen LogP contribution in [0.3, 0.4) is 0 Å². The van der Waals surface area contributed by atoms with E-state index in [2.05, 4.69) is 11.7 Å². The van der Waals surface area contributed by atoms with Gasteiger partial charge in [0.15, 0.2) is 0 Å². The number of carbonyl (C=O) groups excluding carboxylic acids is 1. The van der Waals surface area contributed by atoms with Gasteiger partial charge >= 0.3 is 5.97 Å². The zero-order valence-electron chi connectivity index (χ0n) is 13.1. The van der Waals surface area contributed by atoms with E-state index in [1.165, 1.54) is 22.8 Å². The minimum absolute atomic E-state index is 0.0445. The third-order valence-corrected chi connectivity index (χ3v) is 5.61. The maximum Gasteiger partial charge on any atom is 0.306 e. The van der Waals surface area contributed by atoms with Gasteiger partial charge < -0.3 is 9.47 Å². The molecule has 1 unspecified atom stereocenters. The largest absolute Gasteiger partial charge is 0.469 e. The molecule has 1 aliphatic rings. The molecule has 1 fully saturated rings. The third kappa shape index (κ3) is 5.54. The maximum atomic E-state index is 12.7. The van der Waals surface area contributed by atoms with Crippen LogP contribution in [0.4, 0.5) is 0 Å². The van der Waals surface area contributed by atoms with E-state index in [9.17, 15) is 13.2 Å². The standard InChI is InChI=1S/C13H26N2O5S/c1-12-5-4-7-15(11-12)21(17,18)14(9-10-19-2)8-6-13(16)20-3/h12H,4-11H2,1-3H3. The summed E-state index contributed by atoms with van der Waals surface area (Å²) >= 11 is 0. The summed E-state index contributed by atoms with van der Waals surface area (Å²) in [5.74, 6) is -0.0574. The molecule has 7 nitrogen and oxygen atoms in total. The Kier molecular flexibility index (Phi) is 7.58. The summed E-state index contributed by atoms with van der Waals surface area (Å²) in [5, 5.41) is 0. The molecule has 0 bridgehead atoms. The number of nitrogens with zero attached hydrogens (tertiary/aromatic N) is 2. The number of methoxy groups -OCH3 is 2. The molecule has 1 heterocycles. The van der Waals surface area contributed by atoms with Gasteiger partial charge in [-0.2, -0.15) is 17.0 Å². The monoisotopic (exact) mass is 322 g/mol. The third-order valence-electron chi connectivity index (χ3n) is 3.61. The Labute approximate surface area is 127 Å². The second-order valence-electron chi connectivity index (χ2n) is 5.33.